The number of hydrogen-bond acceptors (Lipinski definition) is 1. The van der Waals surface area contributed by atoms with Crippen LogP contribution >= 0.6 is 0 Å². The molecule has 0 saturated heterocycles. The maximum Gasteiger partial charge on any atom is 0.162 e. The van der Waals surface area contributed by atoms with Crippen molar-refractivity contribution >= 4 is 5.78 Å². The van der Waals surface area contributed by atoms with Gasteiger partial charge in [-0.1, -0.05) is 19.9 Å². The molecule has 0 N–H and O–H groups in total. The normalized spacial score (nSPS) is 55.1. The molecule has 0 amide bonds. The summed E-state index contributed by atoms with van der Waals surface area (Å²) in [4.78, 5) is 12.1. The molecule has 0 radical (unpaired) electrons. The lowest BCUT2D eigenvalue weighted by atomic mass is 9.65. The van der Waals surface area contributed by atoms with Crippen LogP contribution in [0.25, 0.3) is 0 Å². The zero-order valence-electron chi connectivity index (χ0n) is 9.05. The van der Waals surface area contributed by atoms with Crippen LogP contribution in [-0.4, -0.2) is 5.78 Å². The zero-order chi connectivity index (χ0) is 9.97. The molecule has 2 fully saturated rings. The van der Waals surface area contributed by atoms with Crippen LogP contribution in [0.3, 0.4) is 0 Å². The minimum absolute atomic E-state index is 0.0341. The van der Waals surface area contributed by atoms with Crippen molar-refractivity contribution in [1.29, 1.82) is 0 Å². The van der Waals surface area contributed by atoms with Gasteiger partial charge in [-0.2, -0.15) is 0 Å². The number of rotatable bonds is 0. The van der Waals surface area contributed by atoms with E-state index in [1.165, 1.54) is 19.3 Å². The van der Waals surface area contributed by atoms with Crippen LogP contribution < -0.4 is 0 Å². The van der Waals surface area contributed by atoms with E-state index >= 15 is 0 Å². The zero-order valence-corrected chi connectivity index (χ0v) is 9.05. The van der Waals surface area contributed by atoms with E-state index in [1.54, 1.807) is 0 Å². The van der Waals surface area contributed by atoms with Crippen LogP contribution in [0.2, 0.25) is 0 Å². The van der Waals surface area contributed by atoms with Crippen molar-refractivity contribution in [2.75, 3.05) is 0 Å². The molecule has 0 aromatic heterocycles. The number of carbonyl (C=O) groups is 1. The highest BCUT2D eigenvalue weighted by Gasteiger charge is 2.65. The molecule has 4 atom stereocenters. The van der Waals surface area contributed by atoms with Crippen molar-refractivity contribution in [2.45, 2.75) is 39.5 Å². The highest BCUT2D eigenvalue weighted by Crippen LogP contribution is 2.68. The molecule has 1 spiro atoms. The Morgan fingerprint density at radius 3 is 2.93 bits per heavy atom. The molecule has 3 aliphatic carbocycles. The van der Waals surface area contributed by atoms with Crippen molar-refractivity contribution in [1.82, 2.24) is 0 Å². The molecule has 0 heterocycles. The van der Waals surface area contributed by atoms with E-state index in [9.17, 15) is 4.79 Å². The Morgan fingerprint density at radius 2 is 2.14 bits per heavy atom. The predicted molar refractivity (Wildman–Crippen MR) is 55.8 cm³/mol. The molecule has 3 rings (SSSR count). The maximum atomic E-state index is 12.1. The Hall–Kier alpha value is -0.590. The van der Waals surface area contributed by atoms with Gasteiger partial charge in [0, 0.05) is 5.41 Å². The molecule has 0 aromatic carbocycles. The van der Waals surface area contributed by atoms with Gasteiger partial charge in [-0.25, -0.2) is 0 Å². The molecular weight excluding hydrogens is 172 g/mol. The van der Waals surface area contributed by atoms with Crippen molar-refractivity contribution in [3.8, 4) is 0 Å². The summed E-state index contributed by atoms with van der Waals surface area (Å²) in [7, 11) is 0. The molecule has 3 aliphatic rings. The molecule has 1 nitrogen and oxygen atoms in total. The van der Waals surface area contributed by atoms with Gasteiger partial charge < -0.3 is 0 Å². The van der Waals surface area contributed by atoms with Crippen LogP contribution in [0.15, 0.2) is 12.2 Å². The number of ketones is 1. The largest absolute Gasteiger partial charge is 0.294 e. The Bertz CT molecular complexity index is 330. The number of hydrogen-bond donors (Lipinski definition) is 0. The fourth-order valence-corrected chi connectivity index (χ4v) is 4.47. The van der Waals surface area contributed by atoms with Gasteiger partial charge in [-0.05, 0) is 49.0 Å². The second-order valence-electron chi connectivity index (χ2n) is 5.75. The Balaban J connectivity index is 2.14. The van der Waals surface area contributed by atoms with Gasteiger partial charge in [0.05, 0.1) is 0 Å². The van der Waals surface area contributed by atoms with Gasteiger partial charge in [0.1, 0.15) is 0 Å². The fourth-order valence-electron chi connectivity index (χ4n) is 4.47. The van der Waals surface area contributed by atoms with Gasteiger partial charge in [0.2, 0.25) is 0 Å². The minimum atomic E-state index is 0.0341. The van der Waals surface area contributed by atoms with Gasteiger partial charge in [-0.15, -0.1) is 0 Å². The highest BCUT2D eigenvalue weighted by molar-refractivity contribution is 5.99. The lowest BCUT2D eigenvalue weighted by Gasteiger charge is -2.36. The molecule has 1 heteroatoms. The first kappa shape index (κ1) is 8.70. The third kappa shape index (κ3) is 0.687. The van der Waals surface area contributed by atoms with E-state index in [0.29, 0.717) is 11.7 Å². The van der Waals surface area contributed by atoms with Crippen LogP contribution in [0.4, 0.5) is 0 Å². The first-order valence-electron chi connectivity index (χ1n) is 5.84. The van der Waals surface area contributed by atoms with Crippen LogP contribution in [0.5, 0.6) is 0 Å². The van der Waals surface area contributed by atoms with Gasteiger partial charge in [0.15, 0.2) is 5.78 Å². The van der Waals surface area contributed by atoms with E-state index in [2.05, 4.69) is 19.9 Å². The second-order valence-corrected chi connectivity index (χ2v) is 5.75. The van der Waals surface area contributed by atoms with Gasteiger partial charge in [-0.3, -0.25) is 4.79 Å². The lowest BCUT2D eigenvalue weighted by molar-refractivity contribution is -0.127. The van der Waals surface area contributed by atoms with Crippen molar-refractivity contribution in [3.63, 3.8) is 0 Å². The molecule has 0 aromatic rings. The quantitative estimate of drug-likeness (QED) is 0.574. The maximum absolute atomic E-state index is 12.1. The summed E-state index contributed by atoms with van der Waals surface area (Å²) in [5, 5.41) is 0. The highest BCUT2D eigenvalue weighted by atomic mass is 16.1. The average Bonchev–Trinajstić information content (AvgIpc) is 2.70. The summed E-state index contributed by atoms with van der Waals surface area (Å²) < 4.78 is 0. The molecule has 0 bridgehead atoms. The van der Waals surface area contributed by atoms with Crippen LogP contribution in [0.1, 0.15) is 39.5 Å². The van der Waals surface area contributed by atoms with Crippen molar-refractivity contribution in [3.05, 3.63) is 12.2 Å². The Labute approximate surface area is 85.6 Å². The van der Waals surface area contributed by atoms with Crippen molar-refractivity contribution < 1.29 is 4.79 Å². The summed E-state index contributed by atoms with van der Waals surface area (Å²) in [6.45, 7) is 4.63. The first-order chi connectivity index (χ1) is 6.60. The summed E-state index contributed by atoms with van der Waals surface area (Å²) in [5.74, 6) is 1.88. The lowest BCUT2D eigenvalue weighted by Crippen LogP contribution is -2.38. The van der Waals surface area contributed by atoms with E-state index in [0.717, 1.165) is 12.3 Å². The Kier molecular flexibility index (Phi) is 1.44. The summed E-state index contributed by atoms with van der Waals surface area (Å²) in [5.41, 5.74) is 0.242. The predicted octanol–water partition coefficient (Wildman–Crippen LogP) is 2.96. The summed E-state index contributed by atoms with van der Waals surface area (Å²) >= 11 is 0. The monoisotopic (exact) mass is 190 g/mol. The van der Waals surface area contributed by atoms with E-state index in [-0.39, 0.29) is 10.8 Å². The molecule has 4 unspecified atom stereocenters. The second kappa shape index (κ2) is 2.32. The fraction of sp³-hybridized carbons (Fsp3) is 0.769. The molecule has 76 valence electrons. The number of carbonyl (C=O) groups excluding carboxylic acids is 1. The Morgan fingerprint density at radius 1 is 1.36 bits per heavy atom. The van der Waals surface area contributed by atoms with Crippen molar-refractivity contribution in [2.24, 2.45) is 22.7 Å². The third-order valence-electron chi connectivity index (χ3n) is 5.35. The molecule has 0 aliphatic heterocycles. The summed E-state index contributed by atoms with van der Waals surface area (Å²) in [6.07, 6.45) is 8.96. The number of allylic oxidation sites excluding steroid dienone is 2. The first-order valence-corrected chi connectivity index (χ1v) is 5.84. The molecule has 14 heavy (non-hydrogen) atoms. The van der Waals surface area contributed by atoms with E-state index < -0.39 is 0 Å². The average molecular weight is 190 g/mol. The topological polar surface area (TPSA) is 17.1 Å². The van der Waals surface area contributed by atoms with Crippen LogP contribution in [-0.2, 0) is 4.79 Å². The molecule has 2 saturated carbocycles. The molecular formula is C13H18O. The van der Waals surface area contributed by atoms with Gasteiger partial charge in [0.25, 0.3) is 0 Å². The van der Waals surface area contributed by atoms with E-state index in [4.69, 9.17) is 0 Å². The smallest absolute Gasteiger partial charge is 0.162 e. The standard InChI is InChI=1S/C13H18O/c1-9-3-8-13-10(9)4-6-12(13,2)7-5-11(13)14/h5,7,9-10H,3-4,6,8H2,1-2H3. The minimum Gasteiger partial charge on any atom is -0.294 e. The van der Waals surface area contributed by atoms with Crippen LogP contribution in [0, 0.1) is 22.7 Å². The summed E-state index contributed by atoms with van der Waals surface area (Å²) in [6, 6.07) is 0. The third-order valence-corrected chi connectivity index (χ3v) is 5.35. The van der Waals surface area contributed by atoms with E-state index in [1.807, 2.05) is 6.08 Å². The SMILES string of the molecule is CC1CCC23C(=O)C=CC2(C)CCC13. The van der Waals surface area contributed by atoms with Gasteiger partial charge >= 0.3 is 0 Å².